The van der Waals surface area contributed by atoms with E-state index in [1.54, 1.807) is 0 Å². The quantitative estimate of drug-likeness (QED) is 0.159. The van der Waals surface area contributed by atoms with Crippen molar-refractivity contribution in [2.24, 2.45) is 0 Å². The average molecular weight is 1110 g/mol. The molecule has 18 aromatic rings. The summed E-state index contributed by atoms with van der Waals surface area (Å²) in [5.74, 6) is 0. The van der Waals surface area contributed by atoms with Crippen molar-refractivity contribution in [3.63, 3.8) is 0 Å². The Morgan fingerprint density at radius 1 is 0.230 bits per heavy atom. The van der Waals surface area contributed by atoms with Crippen molar-refractivity contribution in [2.45, 2.75) is 0 Å². The first-order valence-electron chi connectivity index (χ1n) is 29.3. The zero-order valence-corrected chi connectivity index (χ0v) is 46.6. The molecule has 0 radical (unpaired) electrons. The van der Waals surface area contributed by atoms with Crippen LogP contribution in [0.4, 0.5) is 0 Å². The highest BCUT2D eigenvalue weighted by Crippen LogP contribution is 2.51. The largest absolute Gasteiger partial charge is 0.456 e. The normalized spacial score (nSPS) is 11.9. The number of nitrogens with zero attached hydrogens (tertiary/aromatic N) is 6. The van der Waals surface area contributed by atoms with E-state index in [9.17, 15) is 10.5 Å². The number of nitriles is 2. The highest BCUT2D eigenvalue weighted by atomic mass is 16.3. The zero-order chi connectivity index (χ0) is 57.4. The minimum atomic E-state index is 0.233. The average Bonchev–Trinajstić information content (AvgIpc) is 1.60. The van der Waals surface area contributed by atoms with E-state index in [4.69, 9.17) is 4.42 Å². The maximum absolute atomic E-state index is 12.6. The molecule has 7 nitrogen and oxygen atoms in total. The summed E-state index contributed by atoms with van der Waals surface area (Å²) in [5.41, 5.74) is 18.4. The number of hydrogen-bond acceptors (Lipinski definition) is 3. The summed E-state index contributed by atoms with van der Waals surface area (Å²) in [4.78, 5) is 0. The van der Waals surface area contributed by atoms with Gasteiger partial charge in [0.25, 0.3) is 0 Å². The van der Waals surface area contributed by atoms with Gasteiger partial charge in [-0.2, -0.15) is 10.5 Å². The van der Waals surface area contributed by atoms with E-state index in [-0.39, 0.29) is 11.1 Å². The van der Waals surface area contributed by atoms with Gasteiger partial charge in [-0.05, 0) is 112 Å². The molecule has 0 bridgehead atoms. The number of aromatic nitrogens is 4. The van der Waals surface area contributed by atoms with E-state index in [1.165, 1.54) is 0 Å². The summed E-state index contributed by atoms with van der Waals surface area (Å²) in [6.07, 6.45) is 0. The van der Waals surface area contributed by atoms with Gasteiger partial charge in [0, 0.05) is 53.9 Å². The standard InChI is InChI=1S/C80H46N6O/c81-47-63-64(48-82)78(86-68-34-18-13-29-58(68)75-72(86)42-43-74-76(75)59-30-14-19-35-73(59)87-74)80(85-67-33-17-12-28-57(67)62-46-54(38-41-71(62)85)51-24-8-3-9-25-51)79(84-66-32-16-11-27-56(66)61-45-53(37-40-70(61)84)50-22-6-2-7-23-50)77(63)83-65-31-15-10-26-55(65)60-44-52(36-39-69(60)83)49-20-4-1-5-21-49/h1-46H. The molecule has 7 heteroatoms. The maximum Gasteiger partial charge on any atom is 0.136 e. The Balaban J connectivity index is 1.12. The lowest BCUT2D eigenvalue weighted by Gasteiger charge is -2.27. The van der Waals surface area contributed by atoms with E-state index in [2.05, 4.69) is 291 Å². The van der Waals surface area contributed by atoms with Gasteiger partial charge in [0.2, 0.25) is 0 Å². The SMILES string of the molecule is N#Cc1c(C#N)c(-n2c3ccccc3c3c4c(ccc32)oc2ccccc24)c(-n2c3ccccc3c3cc(-c4ccccc4)ccc32)c(-n2c3ccccc3c3cc(-c4ccccc4)ccc32)c1-n1c2ccccc2c2cc(-c3ccccc3)ccc21. The lowest BCUT2D eigenvalue weighted by Crippen LogP contribution is -2.17. The van der Waals surface area contributed by atoms with Crippen molar-refractivity contribution in [3.8, 4) is 68.3 Å². The molecule has 0 saturated carbocycles. The predicted molar refractivity (Wildman–Crippen MR) is 357 cm³/mol. The van der Waals surface area contributed by atoms with Gasteiger partial charge in [0.05, 0.1) is 78.0 Å². The molecule has 402 valence electrons. The van der Waals surface area contributed by atoms with Crippen LogP contribution in [0.15, 0.2) is 283 Å². The number of benzene rings is 13. The summed E-state index contributed by atoms with van der Waals surface area (Å²) in [6.45, 7) is 0. The fourth-order valence-corrected chi connectivity index (χ4v) is 14.4. The summed E-state index contributed by atoms with van der Waals surface area (Å²) >= 11 is 0. The van der Waals surface area contributed by atoms with Crippen LogP contribution in [0, 0.1) is 22.7 Å². The second-order valence-electron chi connectivity index (χ2n) is 22.5. The van der Waals surface area contributed by atoms with Crippen LogP contribution in [-0.2, 0) is 0 Å². The van der Waals surface area contributed by atoms with Crippen molar-refractivity contribution < 1.29 is 4.42 Å². The summed E-state index contributed by atoms with van der Waals surface area (Å²) < 4.78 is 16.0. The van der Waals surface area contributed by atoms with Crippen LogP contribution in [0.25, 0.3) is 165 Å². The molecule has 13 aromatic carbocycles. The van der Waals surface area contributed by atoms with Gasteiger partial charge in [-0.25, -0.2) is 0 Å². The Bertz CT molecular complexity index is 6020. The highest BCUT2D eigenvalue weighted by Gasteiger charge is 2.35. The summed E-state index contributed by atoms with van der Waals surface area (Å²) in [6, 6.07) is 104. The van der Waals surface area contributed by atoms with Crippen LogP contribution in [0.3, 0.4) is 0 Å². The first kappa shape index (κ1) is 48.4. The third kappa shape index (κ3) is 6.91. The van der Waals surface area contributed by atoms with Crippen LogP contribution in [0.2, 0.25) is 0 Å². The van der Waals surface area contributed by atoms with Gasteiger partial charge >= 0.3 is 0 Å². The zero-order valence-electron chi connectivity index (χ0n) is 46.6. The lowest BCUT2D eigenvalue weighted by atomic mass is 9.98. The van der Waals surface area contributed by atoms with Crippen molar-refractivity contribution >= 4 is 109 Å². The third-order valence-electron chi connectivity index (χ3n) is 18.0. The van der Waals surface area contributed by atoms with E-state index in [1.807, 2.05) is 18.2 Å². The molecule has 0 amide bonds. The van der Waals surface area contributed by atoms with E-state index in [0.29, 0.717) is 11.4 Å². The highest BCUT2D eigenvalue weighted by molar-refractivity contribution is 6.28. The molecule has 0 aliphatic rings. The molecule has 0 unspecified atom stereocenters. The van der Waals surface area contributed by atoms with Gasteiger partial charge < -0.3 is 22.7 Å². The third-order valence-corrected chi connectivity index (χ3v) is 18.0. The molecular weight excluding hydrogens is 1060 g/mol. The molecule has 0 aliphatic heterocycles. The fraction of sp³-hybridized carbons (Fsp3) is 0. The predicted octanol–water partition coefficient (Wildman–Crippen LogP) is 20.7. The molecule has 0 aliphatic carbocycles. The van der Waals surface area contributed by atoms with E-state index >= 15 is 0 Å². The van der Waals surface area contributed by atoms with Crippen LogP contribution in [0.1, 0.15) is 11.1 Å². The molecule has 5 aromatic heterocycles. The second-order valence-corrected chi connectivity index (χ2v) is 22.5. The molecule has 87 heavy (non-hydrogen) atoms. The van der Waals surface area contributed by atoms with E-state index in [0.717, 1.165) is 154 Å². The topological polar surface area (TPSA) is 80.4 Å². The van der Waals surface area contributed by atoms with Crippen LogP contribution in [0.5, 0.6) is 0 Å². The fourth-order valence-electron chi connectivity index (χ4n) is 14.4. The first-order chi connectivity index (χ1) is 43.1. The van der Waals surface area contributed by atoms with Crippen LogP contribution < -0.4 is 0 Å². The van der Waals surface area contributed by atoms with Crippen LogP contribution >= 0.6 is 0 Å². The Kier molecular flexibility index (Phi) is 10.4. The minimum Gasteiger partial charge on any atom is -0.456 e. The number of rotatable bonds is 7. The molecule has 18 rings (SSSR count). The maximum atomic E-state index is 12.6. The van der Waals surface area contributed by atoms with Gasteiger partial charge in [-0.15, -0.1) is 0 Å². The molecule has 0 N–H and O–H groups in total. The van der Waals surface area contributed by atoms with Gasteiger partial charge in [0.1, 0.15) is 23.3 Å². The molecule has 5 heterocycles. The number of furan rings is 1. The number of para-hydroxylation sites is 5. The van der Waals surface area contributed by atoms with E-state index < -0.39 is 0 Å². The van der Waals surface area contributed by atoms with Gasteiger partial charge in [0.15, 0.2) is 0 Å². The second kappa shape index (κ2) is 18.7. The first-order valence-corrected chi connectivity index (χ1v) is 29.3. The van der Waals surface area contributed by atoms with Crippen molar-refractivity contribution in [1.29, 1.82) is 10.5 Å². The summed E-state index contributed by atoms with van der Waals surface area (Å²) in [5, 5.41) is 35.4. The smallest absolute Gasteiger partial charge is 0.136 e. The Labute approximate surface area is 498 Å². The molecular formula is C80H46N6O. The Morgan fingerprint density at radius 3 is 0.977 bits per heavy atom. The molecule has 0 fully saturated rings. The monoisotopic (exact) mass is 1110 g/mol. The van der Waals surface area contributed by atoms with Crippen LogP contribution in [-0.4, -0.2) is 18.3 Å². The molecule has 0 saturated heterocycles. The van der Waals surface area contributed by atoms with Crippen molar-refractivity contribution in [1.82, 2.24) is 18.3 Å². The van der Waals surface area contributed by atoms with Gasteiger partial charge in [-0.3, -0.25) is 0 Å². The molecule has 0 atom stereocenters. The Morgan fingerprint density at radius 2 is 0.552 bits per heavy atom. The number of fused-ring (bicyclic) bond motifs is 16. The molecule has 0 spiro atoms. The lowest BCUT2D eigenvalue weighted by molar-refractivity contribution is 0.669. The Hall–Kier alpha value is -12.2. The van der Waals surface area contributed by atoms with Gasteiger partial charge in [-0.1, -0.05) is 200 Å². The van der Waals surface area contributed by atoms with Crippen molar-refractivity contribution in [3.05, 3.63) is 290 Å². The van der Waals surface area contributed by atoms with Crippen molar-refractivity contribution in [2.75, 3.05) is 0 Å². The minimum absolute atomic E-state index is 0.233. The number of hydrogen-bond donors (Lipinski definition) is 0. The summed E-state index contributed by atoms with van der Waals surface area (Å²) in [7, 11) is 0.